The highest BCUT2D eigenvalue weighted by Gasteiger charge is 2.23. The summed E-state index contributed by atoms with van der Waals surface area (Å²) in [6.07, 6.45) is 1.17. The number of rotatable bonds is 5. The van der Waals surface area contributed by atoms with Gasteiger partial charge < -0.3 is 9.95 Å². The highest BCUT2D eigenvalue weighted by molar-refractivity contribution is 7.92. The molecule has 11 heteroatoms. The molecule has 0 aliphatic carbocycles. The summed E-state index contributed by atoms with van der Waals surface area (Å²) in [6.45, 7) is 0. The van der Waals surface area contributed by atoms with Crippen LogP contribution in [0.5, 0.6) is 0 Å². The fraction of sp³-hybridized carbons (Fsp3) is 0. The smallest absolute Gasteiger partial charge is 0.270 e. The summed E-state index contributed by atoms with van der Waals surface area (Å²) in [5.41, 5.74) is 1.78. The van der Waals surface area contributed by atoms with E-state index in [1.165, 1.54) is 18.4 Å². The second-order valence-corrected chi connectivity index (χ2v) is 5.22. The number of hydrogen-bond acceptors (Lipinski definition) is 8. The summed E-state index contributed by atoms with van der Waals surface area (Å²) in [4.78, 5) is 9.62. The fourth-order valence-corrected chi connectivity index (χ4v) is 2.61. The molecule has 0 aliphatic heterocycles. The third-order valence-corrected chi connectivity index (χ3v) is 3.69. The first-order chi connectivity index (χ1) is 9.44. The topological polar surface area (TPSA) is 153 Å². The first-order valence-corrected chi connectivity index (χ1v) is 6.60. The Labute approximate surface area is 112 Å². The van der Waals surface area contributed by atoms with E-state index >= 15 is 0 Å². The number of non-ortho nitro benzene ring substituents is 1. The van der Waals surface area contributed by atoms with Crippen molar-refractivity contribution >= 4 is 27.2 Å². The normalized spacial score (nSPS) is 11.1. The highest BCUT2D eigenvalue weighted by atomic mass is 32.2. The van der Waals surface area contributed by atoms with Gasteiger partial charge in [0.25, 0.3) is 15.7 Å². The number of sulfonamides is 1. The molecule has 1 heterocycles. The van der Waals surface area contributed by atoms with E-state index in [1.807, 2.05) is 0 Å². The molecule has 4 N–H and O–H groups in total. The molecule has 0 bridgehead atoms. The molecule has 0 amide bonds. The lowest BCUT2D eigenvalue weighted by Gasteiger charge is -2.09. The van der Waals surface area contributed by atoms with E-state index in [4.69, 9.17) is 5.84 Å². The zero-order chi connectivity index (χ0) is 14.8. The molecule has 0 radical (unpaired) electrons. The van der Waals surface area contributed by atoms with Gasteiger partial charge in [-0.2, -0.15) is 0 Å². The van der Waals surface area contributed by atoms with Gasteiger partial charge in [-0.3, -0.25) is 20.7 Å². The molecule has 106 valence electrons. The average molecular weight is 299 g/mol. The molecular formula is C9H9N5O5S. The van der Waals surface area contributed by atoms with E-state index < -0.39 is 14.9 Å². The summed E-state index contributed by atoms with van der Waals surface area (Å²) in [5, 5.41) is 14.1. The largest absolute Gasteiger partial charge is 0.363 e. The van der Waals surface area contributed by atoms with Crippen LogP contribution in [0.15, 0.2) is 39.9 Å². The highest BCUT2D eigenvalue weighted by Crippen LogP contribution is 2.27. The van der Waals surface area contributed by atoms with E-state index in [9.17, 15) is 18.5 Å². The maximum Gasteiger partial charge on any atom is 0.270 e. The summed E-state index contributed by atoms with van der Waals surface area (Å²) < 4.78 is 30.9. The molecule has 2 rings (SSSR count). The first kappa shape index (κ1) is 13.8. The summed E-state index contributed by atoms with van der Waals surface area (Å²) in [5.74, 6) is 5.14. The number of aromatic nitrogens is 1. The number of nitro groups is 1. The zero-order valence-electron chi connectivity index (χ0n) is 9.81. The van der Waals surface area contributed by atoms with Crippen molar-refractivity contribution in [1.29, 1.82) is 0 Å². The molecule has 10 nitrogen and oxygen atoms in total. The van der Waals surface area contributed by atoms with Gasteiger partial charge in [0.05, 0.1) is 10.6 Å². The Morgan fingerprint density at radius 1 is 1.35 bits per heavy atom. The number of anilines is 2. The third kappa shape index (κ3) is 2.67. The summed E-state index contributed by atoms with van der Waals surface area (Å²) in [6, 6.07) is 4.49. The summed E-state index contributed by atoms with van der Waals surface area (Å²) in [7, 11) is -4.10. The molecule has 2 aromatic rings. The van der Waals surface area contributed by atoms with Crippen LogP contribution >= 0.6 is 0 Å². The Kier molecular flexibility index (Phi) is 3.54. The Bertz CT molecular complexity index is 727. The van der Waals surface area contributed by atoms with Crippen LogP contribution in [0.2, 0.25) is 0 Å². The van der Waals surface area contributed by atoms with Crippen molar-refractivity contribution in [2.24, 2.45) is 5.84 Å². The molecular weight excluding hydrogens is 290 g/mol. The third-order valence-electron chi connectivity index (χ3n) is 2.30. The van der Waals surface area contributed by atoms with Crippen molar-refractivity contribution in [3.05, 3.63) is 40.6 Å². The molecule has 0 fully saturated rings. The summed E-state index contributed by atoms with van der Waals surface area (Å²) >= 11 is 0. The number of benzene rings is 1. The monoisotopic (exact) mass is 299 g/mol. The minimum absolute atomic E-state index is 0.00611. The minimum Gasteiger partial charge on any atom is -0.363 e. The van der Waals surface area contributed by atoms with Gasteiger partial charge in [-0.1, -0.05) is 5.16 Å². The molecule has 0 aliphatic rings. The van der Waals surface area contributed by atoms with E-state index in [0.717, 1.165) is 12.1 Å². The Hall–Kier alpha value is -2.66. The molecule has 0 spiro atoms. The number of nitrogens with two attached hydrogens (primary N) is 1. The number of nitro benzene ring substituents is 1. The Morgan fingerprint density at radius 2 is 2.10 bits per heavy atom. The predicted octanol–water partition coefficient (Wildman–Crippen LogP) is 0.669. The van der Waals surface area contributed by atoms with Gasteiger partial charge >= 0.3 is 0 Å². The lowest BCUT2D eigenvalue weighted by molar-refractivity contribution is -0.385. The van der Waals surface area contributed by atoms with Gasteiger partial charge in [0.1, 0.15) is 11.2 Å². The fourth-order valence-electron chi connectivity index (χ4n) is 1.42. The molecule has 20 heavy (non-hydrogen) atoms. The van der Waals surface area contributed by atoms with E-state index in [1.54, 1.807) is 0 Å². The van der Waals surface area contributed by atoms with Crippen LogP contribution < -0.4 is 16.0 Å². The van der Waals surface area contributed by atoms with E-state index in [2.05, 4.69) is 19.8 Å². The second-order valence-electron chi connectivity index (χ2n) is 3.57. The SMILES string of the molecule is NNc1ccc([N+](=O)[O-])cc1S(=O)(=O)Nc1ccon1. The van der Waals surface area contributed by atoms with Gasteiger partial charge in [0.2, 0.25) is 0 Å². The number of hydrogen-bond donors (Lipinski definition) is 3. The van der Waals surface area contributed by atoms with E-state index in [0.29, 0.717) is 0 Å². The van der Waals surface area contributed by atoms with Crippen LogP contribution in [0.4, 0.5) is 17.2 Å². The van der Waals surface area contributed by atoms with Crippen LogP contribution in [-0.4, -0.2) is 18.5 Å². The van der Waals surface area contributed by atoms with Crippen LogP contribution in [0.1, 0.15) is 0 Å². The number of nitrogens with zero attached hydrogens (tertiary/aromatic N) is 2. The molecule has 0 unspecified atom stereocenters. The van der Waals surface area contributed by atoms with Gasteiger partial charge in [-0.25, -0.2) is 8.42 Å². The molecule has 1 aromatic carbocycles. The van der Waals surface area contributed by atoms with Crippen LogP contribution in [0.25, 0.3) is 0 Å². The van der Waals surface area contributed by atoms with Crippen LogP contribution in [0.3, 0.4) is 0 Å². The van der Waals surface area contributed by atoms with Gasteiger partial charge in [-0.15, -0.1) is 0 Å². The maximum absolute atomic E-state index is 12.1. The second kappa shape index (κ2) is 5.14. The first-order valence-electron chi connectivity index (χ1n) is 5.12. The van der Waals surface area contributed by atoms with E-state index in [-0.39, 0.29) is 22.1 Å². The number of nitrogens with one attached hydrogen (secondary N) is 2. The standard InChI is InChI=1S/C9H9N5O5S/c10-11-7-2-1-6(14(15)16)5-8(7)20(17,18)13-9-3-4-19-12-9/h1-5,11H,10H2,(H,12,13). The zero-order valence-corrected chi connectivity index (χ0v) is 10.6. The molecule has 1 aromatic heterocycles. The van der Waals surface area contributed by atoms with Gasteiger partial charge in [0.15, 0.2) is 5.82 Å². The minimum atomic E-state index is -4.10. The van der Waals surface area contributed by atoms with Crippen molar-refractivity contribution in [2.75, 3.05) is 10.1 Å². The number of hydrazine groups is 1. The van der Waals surface area contributed by atoms with Crippen molar-refractivity contribution < 1.29 is 17.9 Å². The number of nitrogen functional groups attached to an aromatic ring is 1. The Morgan fingerprint density at radius 3 is 2.65 bits per heavy atom. The predicted molar refractivity (Wildman–Crippen MR) is 68.2 cm³/mol. The van der Waals surface area contributed by atoms with Gasteiger partial charge in [-0.05, 0) is 6.07 Å². The maximum atomic E-state index is 12.1. The molecule has 0 saturated carbocycles. The van der Waals surface area contributed by atoms with Crippen molar-refractivity contribution in [3.63, 3.8) is 0 Å². The van der Waals surface area contributed by atoms with Crippen molar-refractivity contribution in [3.8, 4) is 0 Å². The Balaban J connectivity index is 2.48. The van der Waals surface area contributed by atoms with Crippen LogP contribution in [0, 0.1) is 10.1 Å². The molecule has 0 saturated heterocycles. The van der Waals surface area contributed by atoms with Crippen molar-refractivity contribution in [1.82, 2.24) is 5.16 Å². The lowest BCUT2D eigenvalue weighted by Crippen LogP contribution is -2.18. The molecule has 0 atom stereocenters. The van der Waals surface area contributed by atoms with Crippen LogP contribution in [-0.2, 0) is 10.0 Å². The quantitative estimate of drug-likeness (QED) is 0.413. The van der Waals surface area contributed by atoms with Crippen molar-refractivity contribution in [2.45, 2.75) is 4.90 Å². The lowest BCUT2D eigenvalue weighted by atomic mass is 10.3. The average Bonchev–Trinajstić information content (AvgIpc) is 2.90. The van der Waals surface area contributed by atoms with Gasteiger partial charge in [0, 0.05) is 18.2 Å².